The Hall–Kier alpha value is -1.36. The van der Waals surface area contributed by atoms with E-state index in [2.05, 4.69) is 28.3 Å². The molecule has 0 amide bonds. The van der Waals surface area contributed by atoms with Gasteiger partial charge in [0.1, 0.15) is 0 Å². The zero-order chi connectivity index (χ0) is 13.1. The zero-order valence-electron chi connectivity index (χ0n) is 11.0. The van der Waals surface area contributed by atoms with Crippen molar-refractivity contribution >= 4 is 5.97 Å². The molecule has 1 N–H and O–H groups in total. The molecule has 0 unspecified atom stereocenters. The second-order valence-corrected chi connectivity index (χ2v) is 5.23. The number of carboxylic acids is 1. The molecule has 1 fully saturated rings. The van der Waals surface area contributed by atoms with Crippen molar-refractivity contribution in [2.45, 2.75) is 51.7 Å². The van der Waals surface area contributed by atoms with Gasteiger partial charge in [0, 0.05) is 31.4 Å². The monoisotopic (exact) mass is 251 g/mol. The van der Waals surface area contributed by atoms with Crippen molar-refractivity contribution in [3.63, 3.8) is 0 Å². The molecule has 0 radical (unpaired) electrons. The van der Waals surface area contributed by atoms with Crippen LogP contribution in [0.15, 0.2) is 12.5 Å². The Bertz CT molecular complexity index is 410. The Morgan fingerprint density at radius 1 is 1.61 bits per heavy atom. The summed E-state index contributed by atoms with van der Waals surface area (Å²) in [5.41, 5.74) is 1.17. The van der Waals surface area contributed by atoms with E-state index in [0.29, 0.717) is 18.6 Å². The van der Waals surface area contributed by atoms with Crippen molar-refractivity contribution in [1.29, 1.82) is 0 Å². The summed E-state index contributed by atoms with van der Waals surface area (Å²) in [4.78, 5) is 17.1. The molecule has 1 aromatic heterocycles. The molecule has 1 aliphatic rings. The minimum Gasteiger partial charge on any atom is -0.481 e. The van der Waals surface area contributed by atoms with Crippen LogP contribution in [0.2, 0.25) is 0 Å². The van der Waals surface area contributed by atoms with Gasteiger partial charge in [0.15, 0.2) is 0 Å². The van der Waals surface area contributed by atoms with E-state index in [1.54, 1.807) is 0 Å². The summed E-state index contributed by atoms with van der Waals surface area (Å²) in [6.07, 6.45) is 6.33. The number of nitrogens with zero attached hydrogens (tertiary/aromatic N) is 3. The molecule has 1 saturated carbocycles. The maximum absolute atomic E-state index is 10.7. The van der Waals surface area contributed by atoms with Crippen LogP contribution >= 0.6 is 0 Å². The molecule has 1 aromatic rings. The number of hydrogen-bond acceptors (Lipinski definition) is 3. The third kappa shape index (κ3) is 3.32. The molecule has 5 nitrogen and oxygen atoms in total. The molecule has 0 bridgehead atoms. The fourth-order valence-electron chi connectivity index (χ4n) is 2.20. The molecule has 0 saturated heterocycles. The van der Waals surface area contributed by atoms with Crippen LogP contribution in [-0.2, 0) is 11.3 Å². The van der Waals surface area contributed by atoms with Crippen LogP contribution in [0.3, 0.4) is 0 Å². The topological polar surface area (TPSA) is 58.4 Å². The molecule has 0 spiro atoms. The molecule has 1 aliphatic carbocycles. The fraction of sp³-hybridized carbons (Fsp3) is 0.692. The molecule has 18 heavy (non-hydrogen) atoms. The normalized spacial score (nSPS) is 15.6. The van der Waals surface area contributed by atoms with Gasteiger partial charge in [-0.3, -0.25) is 9.69 Å². The second kappa shape index (κ2) is 5.52. The molecule has 0 aliphatic heterocycles. The number of aliphatic carboxylic acids is 1. The van der Waals surface area contributed by atoms with Gasteiger partial charge in [0.25, 0.3) is 0 Å². The number of aromatic nitrogens is 2. The molecule has 1 heterocycles. The Kier molecular flexibility index (Phi) is 4.01. The largest absolute Gasteiger partial charge is 0.481 e. The van der Waals surface area contributed by atoms with Gasteiger partial charge in [0.2, 0.25) is 0 Å². The second-order valence-electron chi connectivity index (χ2n) is 5.23. The summed E-state index contributed by atoms with van der Waals surface area (Å²) < 4.78 is 2.15. The first-order chi connectivity index (χ1) is 8.58. The van der Waals surface area contributed by atoms with Crippen LogP contribution in [-0.4, -0.2) is 38.1 Å². The average molecular weight is 251 g/mol. The SMILES string of the molecule is CC(C)n1cncc1CN(CCC(=O)O)C1CC1. The summed E-state index contributed by atoms with van der Waals surface area (Å²) in [7, 11) is 0. The summed E-state index contributed by atoms with van der Waals surface area (Å²) in [5.74, 6) is -0.724. The van der Waals surface area contributed by atoms with Crippen molar-refractivity contribution in [3.05, 3.63) is 18.2 Å². The smallest absolute Gasteiger partial charge is 0.304 e. The van der Waals surface area contributed by atoms with E-state index in [1.807, 2.05) is 12.5 Å². The van der Waals surface area contributed by atoms with Gasteiger partial charge in [0.05, 0.1) is 18.4 Å². The van der Waals surface area contributed by atoms with Crippen LogP contribution in [0, 0.1) is 0 Å². The highest BCUT2D eigenvalue weighted by atomic mass is 16.4. The molecular formula is C13H21N3O2. The molecular weight excluding hydrogens is 230 g/mol. The fourth-order valence-corrected chi connectivity index (χ4v) is 2.20. The Morgan fingerprint density at radius 3 is 2.89 bits per heavy atom. The third-order valence-corrected chi connectivity index (χ3v) is 3.34. The lowest BCUT2D eigenvalue weighted by Crippen LogP contribution is -2.29. The number of hydrogen-bond donors (Lipinski definition) is 1. The van der Waals surface area contributed by atoms with E-state index >= 15 is 0 Å². The molecule has 5 heteroatoms. The van der Waals surface area contributed by atoms with Crippen molar-refractivity contribution < 1.29 is 9.90 Å². The quantitative estimate of drug-likeness (QED) is 0.804. The lowest BCUT2D eigenvalue weighted by molar-refractivity contribution is -0.137. The Balaban J connectivity index is 1.99. The van der Waals surface area contributed by atoms with Gasteiger partial charge in [-0.05, 0) is 26.7 Å². The standard InChI is InChI=1S/C13H21N3O2/c1-10(2)16-9-14-7-12(16)8-15(11-3-4-11)6-5-13(17)18/h7,9-11H,3-6,8H2,1-2H3,(H,17,18). The van der Waals surface area contributed by atoms with E-state index in [4.69, 9.17) is 5.11 Å². The van der Waals surface area contributed by atoms with Crippen LogP contribution in [0.4, 0.5) is 0 Å². The maximum atomic E-state index is 10.7. The first-order valence-corrected chi connectivity index (χ1v) is 6.54. The van der Waals surface area contributed by atoms with Crippen LogP contribution in [0.25, 0.3) is 0 Å². The highest BCUT2D eigenvalue weighted by Crippen LogP contribution is 2.28. The van der Waals surface area contributed by atoms with E-state index in [1.165, 1.54) is 18.5 Å². The van der Waals surface area contributed by atoms with Crippen molar-refractivity contribution in [2.75, 3.05) is 6.54 Å². The molecule has 2 rings (SSSR count). The van der Waals surface area contributed by atoms with Crippen LogP contribution in [0.5, 0.6) is 0 Å². The summed E-state index contributed by atoms with van der Waals surface area (Å²) >= 11 is 0. The first-order valence-electron chi connectivity index (χ1n) is 6.54. The van der Waals surface area contributed by atoms with Crippen LogP contribution in [0.1, 0.15) is 44.8 Å². The lowest BCUT2D eigenvalue weighted by atomic mass is 10.3. The van der Waals surface area contributed by atoms with Crippen molar-refractivity contribution in [1.82, 2.24) is 14.5 Å². The van der Waals surface area contributed by atoms with Crippen molar-refractivity contribution in [3.8, 4) is 0 Å². The number of rotatable bonds is 7. The predicted octanol–water partition coefficient (Wildman–Crippen LogP) is 1.90. The predicted molar refractivity (Wildman–Crippen MR) is 68.3 cm³/mol. The number of carbonyl (C=O) groups is 1. The third-order valence-electron chi connectivity index (χ3n) is 3.34. The first kappa shape index (κ1) is 13.1. The van der Waals surface area contributed by atoms with Gasteiger partial charge in [-0.1, -0.05) is 0 Å². The minimum absolute atomic E-state index is 0.215. The van der Waals surface area contributed by atoms with Crippen LogP contribution < -0.4 is 0 Å². The minimum atomic E-state index is -0.724. The van der Waals surface area contributed by atoms with E-state index in [0.717, 1.165) is 6.54 Å². The molecule has 0 aromatic carbocycles. The van der Waals surface area contributed by atoms with Gasteiger partial charge in [-0.2, -0.15) is 0 Å². The summed E-state index contributed by atoms with van der Waals surface area (Å²) in [6.45, 7) is 5.69. The Morgan fingerprint density at radius 2 is 2.33 bits per heavy atom. The zero-order valence-corrected chi connectivity index (χ0v) is 11.0. The average Bonchev–Trinajstić information content (AvgIpc) is 3.03. The summed E-state index contributed by atoms with van der Waals surface area (Å²) in [5, 5.41) is 8.79. The maximum Gasteiger partial charge on any atom is 0.304 e. The van der Waals surface area contributed by atoms with Gasteiger partial charge in [-0.25, -0.2) is 4.98 Å². The van der Waals surface area contributed by atoms with Crippen molar-refractivity contribution in [2.24, 2.45) is 0 Å². The highest BCUT2D eigenvalue weighted by Gasteiger charge is 2.29. The summed E-state index contributed by atoms with van der Waals surface area (Å²) in [6, 6.07) is 0.961. The van der Waals surface area contributed by atoms with Gasteiger partial charge < -0.3 is 9.67 Å². The van der Waals surface area contributed by atoms with E-state index in [9.17, 15) is 4.79 Å². The van der Waals surface area contributed by atoms with Gasteiger partial charge >= 0.3 is 5.97 Å². The molecule has 100 valence electrons. The molecule has 0 atom stereocenters. The van der Waals surface area contributed by atoms with E-state index in [-0.39, 0.29) is 6.42 Å². The number of imidazole rings is 1. The lowest BCUT2D eigenvalue weighted by Gasteiger charge is -2.22. The highest BCUT2D eigenvalue weighted by molar-refractivity contribution is 5.66. The van der Waals surface area contributed by atoms with E-state index < -0.39 is 5.97 Å². The number of carboxylic acid groups (broad SMARTS) is 1. The Labute approximate surface area is 107 Å². The van der Waals surface area contributed by atoms with Gasteiger partial charge in [-0.15, -0.1) is 0 Å².